The Labute approximate surface area is 102 Å². The van der Waals surface area contributed by atoms with Crippen LogP contribution in [0.15, 0.2) is 29.9 Å². The third kappa shape index (κ3) is 2.23. The number of hydrogen-bond donors (Lipinski definition) is 1. The minimum atomic E-state index is -0.159. The highest BCUT2D eigenvalue weighted by molar-refractivity contribution is 7.11. The summed E-state index contributed by atoms with van der Waals surface area (Å²) in [5.41, 5.74) is 3.22. The fourth-order valence-corrected chi connectivity index (χ4v) is 1.94. The molecule has 0 bridgehead atoms. The summed E-state index contributed by atoms with van der Waals surface area (Å²) in [7, 11) is 0. The number of carbonyl (C=O) groups is 1. The molecule has 0 aliphatic heterocycles. The van der Waals surface area contributed by atoms with Crippen molar-refractivity contribution in [2.45, 2.75) is 6.92 Å². The van der Waals surface area contributed by atoms with Crippen molar-refractivity contribution in [1.82, 2.24) is 4.98 Å². The van der Waals surface area contributed by atoms with E-state index in [1.165, 1.54) is 11.3 Å². The summed E-state index contributed by atoms with van der Waals surface area (Å²) in [5.74, 6) is -0.159. The number of nitrogens with zero attached hydrogens (tertiary/aromatic N) is 1. The van der Waals surface area contributed by atoms with Gasteiger partial charge in [0, 0.05) is 10.7 Å². The molecule has 0 fully saturated rings. The topological polar surface area (TPSA) is 42.0 Å². The van der Waals surface area contributed by atoms with Crippen LogP contribution in [0.2, 0.25) is 5.02 Å². The largest absolute Gasteiger partial charge is 0.321 e. The average Bonchev–Trinajstić information content (AvgIpc) is 2.78. The molecule has 0 saturated carbocycles. The Hall–Kier alpha value is -1.39. The zero-order valence-electron chi connectivity index (χ0n) is 8.53. The smallest absolute Gasteiger partial charge is 0.267 e. The molecule has 5 heteroatoms. The normalized spacial score (nSPS) is 10.1. The lowest BCUT2D eigenvalue weighted by Crippen LogP contribution is -2.11. The van der Waals surface area contributed by atoms with Crippen LogP contribution in [0.3, 0.4) is 0 Å². The Balaban J connectivity index is 2.22. The molecular weight excluding hydrogens is 244 g/mol. The minimum Gasteiger partial charge on any atom is -0.321 e. The first-order valence-electron chi connectivity index (χ1n) is 4.63. The maximum absolute atomic E-state index is 11.8. The molecule has 82 valence electrons. The van der Waals surface area contributed by atoms with Crippen molar-refractivity contribution >= 4 is 34.5 Å². The number of thiazole rings is 1. The van der Waals surface area contributed by atoms with Gasteiger partial charge in [-0.15, -0.1) is 11.3 Å². The zero-order chi connectivity index (χ0) is 11.5. The molecule has 3 nitrogen and oxygen atoms in total. The maximum Gasteiger partial charge on any atom is 0.267 e. The summed E-state index contributed by atoms with van der Waals surface area (Å²) in [6, 6.07) is 5.41. The SMILES string of the molecule is Cc1c(Cl)cccc1NC(=O)c1cncs1. The average molecular weight is 253 g/mol. The highest BCUT2D eigenvalue weighted by atomic mass is 35.5. The molecular formula is C11H9ClN2OS. The molecule has 0 atom stereocenters. The lowest BCUT2D eigenvalue weighted by molar-refractivity contribution is 0.103. The fraction of sp³-hybridized carbons (Fsp3) is 0.0909. The van der Waals surface area contributed by atoms with Crippen LogP contribution in [0.4, 0.5) is 5.69 Å². The number of amides is 1. The number of rotatable bonds is 2. The van der Waals surface area contributed by atoms with Crippen molar-refractivity contribution in [2.75, 3.05) is 5.32 Å². The van der Waals surface area contributed by atoms with E-state index in [4.69, 9.17) is 11.6 Å². The van der Waals surface area contributed by atoms with Gasteiger partial charge in [0.25, 0.3) is 5.91 Å². The van der Waals surface area contributed by atoms with Gasteiger partial charge in [-0.25, -0.2) is 0 Å². The Morgan fingerprint density at radius 3 is 3.00 bits per heavy atom. The molecule has 0 aliphatic rings. The van der Waals surface area contributed by atoms with Crippen LogP contribution in [0.5, 0.6) is 0 Å². The van der Waals surface area contributed by atoms with Gasteiger partial charge in [0.1, 0.15) is 4.88 Å². The van der Waals surface area contributed by atoms with Gasteiger partial charge in [-0.1, -0.05) is 17.7 Å². The zero-order valence-corrected chi connectivity index (χ0v) is 10.1. The van der Waals surface area contributed by atoms with Gasteiger partial charge in [0.15, 0.2) is 0 Å². The molecule has 0 radical (unpaired) electrons. The summed E-state index contributed by atoms with van der Waals surface area (Å²) in [6.45, 7) is 1.87. The third-order valence-corrected chi connectivity index (χ3v) is 3.35. The number of aromatic nitrogens is 1. The van der Waals surface area contributed by atoms with Crippen LogP contribution in [-0.2, 0) is 0 Å². The molecule has 2 aromatic rings. The van der Waals surface area contributed by atoms with E-state index in [9.17, 15) is 4.79 Å². The van der Waals surface area contributed by atoms with E-state index in [1.54, 1.807) is 23.8 Å². The highest BCUT2D eigenvalue weighted by Gasteiger charge is 2.09. The molecule has 0 aliphatic carbocycles. The molecule has 1 N–H and O–H groups in total. The van der Waals surface area contributed by atoms with E-state index in [0.717, 1.165) is 11.3 Å². The van der Waals surface area contributed by atoms with Crippen molar-refractivity contribution in [2.24, 2.45) is 0 Å². The van der Waals surface area contributed by atoms with Gasteiger partial charge in [-0.05, 0) is 24.6 Å². The van der Waals surface area contributed by atoms with E-state index < -0.39 is 0 Å². The number of anilines is 1. The maximum atomic E-state index is 11.8. The Bertz CT molecular complexity index is 511. The van der Waals surface area contributed by atoms with Gasteiger partial charge in [0.05, 0.1) is 11.7 Å². The quantitative estimate of drug-likeness (QED) is 0.891. The van der Waals surface area contributed by atoms with Gasteiger partial charge >= 0.3 is 0 Å². The van der Waals surface area contributed by atoms with Crippen LogP contribution in [0.1, 0.15) is 15.2 Å². The third-order valence-electron chi connectivity index (χ3n) is 2.17. The molecule has 1 heterocycles. The second kappa shape index (κ2) is 4.63. The van der Waals surface area contributed by atoms with Crippen LogP contribution >= 0.6 is 22.9 Å². The number of carbonyl (C=O) groups excluding carboxylic acids is 1. The van der Waals surface area contributed by atoms with E-state index >= 15 is 0 Å². The first-order valence-corrected chi connectivity index (χ1v) is 5.89. The Morgan fingerprint density at radius 2 is 2.31 bits per heavy atom. The number of halogens is 1. The first kappa shape index (κ1) is 11.1. The summed E-state index contributed by atoms with van der Waals surface area (Å²) in [4.78, 5) is 16.2. The Morgan fingerprint density at radius 1 is 1.50 bits per heavy atom. The molecule has 0 spiro atoms. The standard InChI is InChI=1S/C11H9ClN2OS/c1-7-8(12)3-2-4-9(7)14-11(15)10-5-13-6-16-10/h2-6H,1H3,(H,14,15). The van der Waals surface area contributed by atoms with Crippen LogP contribution in [0, 0.1) is 6.92 Å². The van der Waals surface area contributed by atoms with Crippen molar-refractivity contribution in [3.63, 3.8) is 0 Å². The monoisotopic (exact) mass is 252 g/mol. The second-order valence-corrected chi connectivity index (χ2v) is 4.53. The van der Waals surface area contributed by atoms with Gasteiger partial charge in [0.2, 0.25) is 0 Å². The lowest BCUT2D eigenvalue weighted by atomic mass is 10.2. The van der Waals surface area contributed by atoms with Crippen LogP contribution in [0.25, 0.3) is 0 Å². The van der Waals surface area contributed by atoms with E-state index in [2.05, 4.69) is 10.3 Å². The van der Waals surface area contributed by atoms with Crippen LogP contribution in [-0.4, -0.2) is 10.9 Å². The fourth-order valence-electron chi connectivity index (χ4n) is 1.25. The van der Waals surface area contributed by atoms with Crippen LogP contribution < -0.4 is 5.32 Å². The summed E-state index contributed by atoms with van der Waals surface area (Å²) in [5, 5.41) is 3.44. The predicted molar refractivity (Wildman–Crippen MR) is 66.3 cm³/mol. The minimum absolute atomic E-state index is 0.159. The number of nitrogens with one attached hydrogen (secondary N) is 1. The van der Waals surface area contributed by atoms with E-state index in [1.807, 2.05) is 13.0 Å². The lowest BCUT2D eigenvalue weighted by Gasteiger charge is -2.07. The summed E-state index contributed by atoms with van der Waals surface area (Å²) >= 11 is 7.27. The molecule has 0 unspecified atom stereocenters. The molecule has 1 aromatic heterocycles. The van der Waals surface area contributed by atoms with Gasteiger partial charge in [-0.3, -0.25) is 9.78 Å². The highest BCUT2D eigenvalue weighted by Crippen LogP contribution is 2.23. The molecule has 1 aromatic carbocycles. The number of benzene rings is 1. The van der Waals surface area contributed by atoms with Gasteiger partial charge in [-0.2, -0.15) is 0 Å². The summed E-state index contributed by atoms with van der Waals surface area (Å²) < 4.78 is 0. The van der Waals surface area contributed by atoms with Crippen molar-refractivity contribution < 1.29 is 4.79 Å². The van der Waals surface area contributed by atoms with E-state index in [0.29, 0.717) is 9.90 Å². The molecule has 0 saturated heterocycles. The van der Waals surface area contributed by atoms with Crippen molar-refractivity contribution in [3.8, 4) is 0 Å². The Kier molecular flexibility index (Phi) is 3.22. The molecule has 2 rings (SSSR count). The molecule has 1 amide bonds. The second-order valence-electron chi connectivity index (χ2n) is 3.23. The van der Waals surface area contributed by atoms with Crippen molar-refractivity contribution in [1.29, 1.82) is 0 Å². The van der Waals surface area contributed by atoms with Gasteiger partial charge < -0.3 is 5.32 Å². The summed E-state index contributed by atoms with van der Waals surface area (Å²) in [6.07, 6.45) is 1.54. The van der Waals surface area contributed by atoms with E-state index in [-0.39, 0.29) is 5.91 Å². The number of hydrogen-bond acceptors (Lipinski definition) is 3. The predicted octanol–water partition coefficient (Wildman–Crippen LogP) is 3.36. The first-order chi connectivity index (χ1) is 7.68. The van der Waals surface area contributed by atoms with Crippen molar-refractivity contribution in [3.05, 3.63) is 45.4 Å². The molecule has 16 heavy (non-hydrogen) atoms.